The molecule has 3 unspecified atom stereocenters. The molecule has 0 aliphatic carbocycles. The summed E-state index contributed by atoms with van der Waals surface area (Å²) in [5, 5.41) is 9.24. The van der Waals surface area contributed by atoms with Crippen molar-refractivity contribution in [1.82, 2.24) is 24.5 Å². The molecule has 0 amide bonds. The third-order valence-electron chi connectivity index (χ3n) is 6.51. The summed E-state index contributed by atoms with van der Waals surface area (Å²) in [5.74, 6) is 0.965. The van der Waals surface area contributed by atoms with Gasteiger partial charge in [0.25, 0.3) is 0 Å². The van der Waals surface area contributed by atoms with E-state index in [1.165, 1.54) is 34.7 Å². The van der Waals surface area contributed by atoms with Gasteiger partial charge in [-0.2, -0.15) is 13.2 Å². The maximum atomic E-state index is 14.3. The van der Waals surface area contributed by atoms with Gasteiger partial charge in [-0.15, -0.1) is 10.2 Å². The largest absolute Gasteiger partial charge is 0.491 e. The molecule has 1 aliphatic heterocycles. The highest BCUT2D eigenvalue weighted by molar-refractivity contribution is 5.82. The number of rotatable bonds is 8. The van der Waals surface area contributed by atoms with Crippen LogP contribution in [0.2, 0.25) is 0 Å². The van der Waals surface area contributed by atoms with Crippen LogP contribution in [-0.4, -0.2) is 83.3 Å². The van der Waals surface area contributed by atoms with Crippen molar-refractivity contribution in [3.8, 4) is 17.3 Å². The fraction of sp³-hybridized carbons (Fsp3) is 0.400. The number of nitrogens with two attached hydrogens (primary N) is 1. The number of halogens is 3. The summed E-state index contributed by atoms with van der Waals surface area (Å²) in [6.45, 7) is 0.993. The van der Waals surface area contributed by atoms with Gasteiger partial charge in [-0.25, -0.2) is 4.98 Å². The Morgan fingerprint density at radius 2 is 1.86 bits per heavy atom. The standard InChI is InChI=1S/C25H27F3N6O3/c1-35-9-10-37-17-6-3-15-4-7-19(30-20(15)11-17)24-32-31-22-8-5-16(12-34(22)24)23(25(26,27)28)33-13-18(29)21(14-33)36-2/h3-8,11-12,18,21,23H,9-10,13-14,29H2,1-2H3. The molecule has 4 heterocycles. The second kappa shape index (κ2) is 10.2. The number of aromatic nitrogens is 4. The van der Waals surface area contributed by atoms with Crippen molar-refractivity contribution in [2.75, 3.05) is 40.5 Å². The number of hydrogen-bond acceptors (Lipinski definition) is 8. The molecule has 1 aliphatic rings. The molecule has 0 saturated carbocycles. The van der Waals surface area contributed by atoms with E-state index in [9.17, 15) is 13.2 Å². The van der Waals surface area contributed by atoms with Crippen molar-refractivity contribution >= 4 is 16.6 Å². The Kier molecular flexibility index (Phi) is 6.99. The lowest BCUT2D eigenvalue weighted by Gasteiger charge is -2.30. The Morgan fingerprint density at radius 1 is 1.05 bits per heavy atom. The van der Waals surface area contributed by atoms with Crippen molar-refractivity contribution in [3.63, 3.8) is 0 Å². The van der Waals surface area contributed by atoms with Gasteiger partial charge in [-0.3, -0.25) is 9.30 Å². The number of pyridine rings is 2. The van der Waals surface area contributed by atoms with Gasteiger partial charge in [0.05, 0.1) is 18.2 Å². The number of benzene rings is 1. The molecule has 0 bridgehead atoms. The minimum atomic E-state index is -4.52. The highest BCUT2D eigenvalue weighted by Crippen LogP contribution is 2.40. The fourth-order valence-corrected chi connectivity index (χ4v) is 4.69. The molecule has 1 fully saturated rings. The minimum Gasteiger partial charge on any atom is -0.491 e. The molecule has 3 atom stereocenters. The Morgan fingerprint density at radius 3 is 2.59 bits per heavy atom. The van der Waals surface area contributed by atoms with Crippen LogP contribution in [0.1, 0.15) is 11.6 Å². The fourth-order valence-electron chi connectivity index (χ4n) is 4.69. The first-order valence-corrected chi connectivity index (χ1v) is 11.7. The van der Waals surface area contributed by atoms with Crippen molar-refractivity contribution in [3.05, 3.63) is 54.2 Å². The maximum Gasteiger partial charge on any atom is 0.408 e. The van der Waals surface area contributed by atoms with E-state index in [1.54, 1.807) is 19.2 Å². The Hall–Kier alpha value is -3.32. The summed E-state index contributed by atoms with van der Waals surface area (Å²) in [6, 6.07) is 9.75. The van der Waals surface area contributed by atoms with Crippen LogP contribution in [0.25, 0.3) is 28.1 Å². The molecule has 9 nitrogen and oxygen atoms in total. The zero-order valence-corrected chi connectivity index (χ0v) is 20.4. The van der Waals surface area contributed by atoms with Gasteiger partial charge in [0, 0.05) is 51.0 Å². The maximum absolute atomic E-state index is 14.3. The van der Waals surface area contributed by atoms with Crippen LogP contribution in [0.4, 0.5) is 13.2 Å². The number of nitrogens with zero attached hydrogens (tertiary/aromatic N) is 5. The third kappa shape index (κ3) is 5.10. The summed E-state index contributed by atoms with van der Waals surface area (Å²) in [5.41, 5.74) is 7.61. The third-order valence-corrected chi connectivity index (χ3v) is 6.51. The van der Waals surface area contributed by atoms with E-state index in [4.69, 9.17) is 19.9 Å². The van der Waals surface area contributed by atoms with Gasteiger partial charge in [-0.1, -0.05) is 12.1 Å². The average molecular weight is 517 g/mol. The molecule has 2 N–H and O–H groups in total. The van der Waals surface area contributed by atoms with E-state index in [-0.39, 0.29) is 18.7 Å². The minimum absolute atomic E-state index is 0.0552. The first-order valence-electron chi connectivity index (χ1n) is 11.7. The van der Waals surface area contributed by atoms with E-state index >= 15 is 0 Å². The molecule has 1 aromatic carbocycles. The van der Waals surface area contributed by atoms with Crippen LogP contribution in [-0.2, 0) is 9.47 Å². The molecule has 37 heavy (non-hydrogen) atoms. The van der Waals surface area contributed by atoms with Gasteiger partial charge in [0.15, 0.2) is 11.5 Å². The Bertz CT molecular complexity index is 1400. The van der Waals surface area contributed by atoms with Crippen LogP contribution in [0.15, 0.2) is 48.7 Å². The summed E-state index contributed by atoms with van der Waals surface area (Å²) >= 11 is 0. The summed E-state index contributed by atoms with van der Waals surface area (Å²) in [6.07, 6.45) is -3.57. The van der Waals surface area contributed by atoms with E-state index in [1.807, 2.05) is 18.2 Å². The monoisotopic (exact) mass is 516 g/mol. The summed E-state index contributed by atoms with van der Waals surface area (Å²) in [7, 11) is 3.05. The molecule has 4 aromatic rings. The number of fused-ring (bicyclic) bond motifs is 2. The molecule has 3 aromatic heterocycles. The zero-order valence-electron chi connectivity index (χ0n) is 20.4. The molecule has 12 heteroatoms. The van der Waals surface area contributed by atoms with E-state index in [0.717, 1.165) is 5.39 Å². The van der Waals surface area contributed by atoms with Crippen LogP contribution >= 0.6 is 0 Å². The van der Waals surface area contributed by atoms with Crippen LogP contribution in [0.5, 0.6) is 5.75 Å². The van der Waals surface area contributed by atoms with Crippen molar-refractivity contribution in [1.29, 1.82) is 0 Å². The van der Waals surface area contributed by atoms with Crippen LogP contribution < -0.4 is 10.5 Å². The van der Waals surface area contributed by atoms with E-state index in [0.29, 0.717) is 41.6 Å². The summed E-state index contributed by atoms with van der Waals surface area (Å²) < 4.78 is 60.4. The topological polar surface area (TPSA) is 100 Å². The van der Waals surface area contributed by atoms with Gasteiger partial charge < -0.3 is 19.9 Å². The molecule has 5 rings (SSSR count). The van der Waals surface area contributed by atoms with Gasteiger partial charge >= 0.3 is 6.18 Å². The van der Waals surface area contributed by atoms with E-state index in [2.05, 4.69) is 15.2 Å². The van der Waals surface area contributed by atoms with Crippen LogP contribution in [0.3, 0.4) is 0 Å². The zero-order chi connectivity index (χ0) is 26.2. The predicted octanol–water partition coefficient (Wildman–Crippen LogP) is 3.23. The number of likely N-dealkylation sites (tertiary alicyclic amines) is 1. The van der Waals surface area contributed by atoms with Crippen molar-refractivity contribution < 1.29 is 27.4 Å². The Labute approximate surface area is 210 Å². The SMILES string of the molecule is COCCOc1ccc2ccc(-c3nnc4ccc(C(N5CC(N)C(OC)C5)C(F)(F)F)cn34)nc2c1. The predicted molar refractivity (Wildman–Crippen MR) is 130 cm³/mol. The number of methoxy groups -OCH3 is 2. The number of ether oxygens (including phenoxy) is 3. The smallest absolute Gasteiger partial charge is 0.408 e. The molecular formula is C25H27F3N6O3. The Balaban J connectivity index is 1.52. The molecule has 1 saturated heterocycles. The lowest BCUT2D eigenvalue weighted by atomic mass is 10.1. The van der Waals surface area contributed by atoms with E-state index < -0.39 is 24.4 Å². The first kappa shape index (κ1) is 25.3. The quantitative estimate of drug-likeness (QED) is 0.357. The molecule has 0 spiro atoms. The average Bonchev–Trinajstić information content (AvgIpc) is 3.45. The molecule has 196 valence electrons. The molecule has 0 radical (unpaired) electrons. The van der Waals surface area contributed by atoms with Gasteiger partial charge in [0.1, 0.15) is 24.1 Å². The number of alkyl halides is 3. The highest BCUT2D eigenvalue weighted by atomic mass is 19.4. The van der Waals surface area contributed by atoms with Gasteiger partial charge in [-0.05, 0) is 29.8 Å². The highest BCUT2D eigenvalue weighted by Gasteiger charge is 2.48. The molecular weight excluding hydrogens is 489 g/mol. The second-order valence-electron chi connectivity index (χ2n) is 8.94. The van der Waals surface area contributed by atoms with Crippen molar-refractivity contribution in [2.45, 2.75) is 24.4 Å². The number of hydrogen-bond donors (Lipinski definition) is 1. The lowest BCUT2D eigenvalue weighted by Crippen LogP contribution is -2.38. The normalized spacial score (nSPS) is 19.6. The van der Waals surface area contributed by atoms with Crippen molar-refractivity contribution in [2.24, 2.45) is 5.73 Å². The van der Waals surface area contributed by atoms with Crippen LogP contribution in [0, 0.1) is 0 Å². The summed E-state index contributed by atoms with van der Waals surface area (Å²) in [4.78, 5) is 6.00. The second-order valence-corrected chi connectivity index (χ2v) is 8.94. The van der Waals surface area contributed by atoms with Gasteiger partial charge in [0.2, 0.25) is 0 Å². The first-order chi connectivity index (χ1) is 17.8. The lowest BCUT2D eigenvalue weighted by molar-refractivity contribution is -0.184.